The molecule has 0 bridgehead atoms. The van der Waals surface area contributed by atoms with Gasteiger partial charge in [0, 0.05) is 25.7 Å². The summed E-state index contributed by atoms with van der Waals surface area (Å²) < 4.78 is 5.42. The van der Waals surface area contributed by atoms with Crippen molar-refractivity contribution in [3.05, 3.63) is 0 Å². The van der Waals surface area contributed by atoms with E-state index in [0.717, 1.165) is 38.8 Å². The predicted molar refractivity (Wildman–Crippen MR) is 71.2 cm³/mol. The zero-order valence-electron chi connectivity index (χ0n) is 11.7. The van der Waals surface area contributed by atoms with Gasteiger partial charge in [0.1, 0.15) is 0 Å². The molecule has 2 rings (SSSR count). The largest absolute Gasteiger partial charge is 0.379 e. The van der Waals surface area contributed by atoms with E-state index in [4.69, 9.17) is 4.74 Å². The van der Waals surface area contributed by atoms with Crippen molar-refractivity contribution in [1.82, 2.24) is 10.2 Å². The molecule has 100 valence electrons. The fraction of sp³-hybridized carbons (Fsp3) is 1.00. The molecule has 0 aromatic carbocycles. The van der Waals surface area contributed by atoms with Gasteiger partial charge in [-0.05, 0) is 30.7 Å². The van der Waals surface area contributed by atoms with Gasteiger partial charge in [0.25, 0.3) is 0 Å². The first-order chi connectivity index (χ1) is 8.13. The minimum absolute atomic E-state index is 0.465. The summed E-state index contributed by atoms with van der Waals surface area (Å²) >= 11 is 0. The van der Waals surface area contributed by atoms with Gasteiger partial charge in [-0.15, -0.1) is 0 Å². The van der Waals surface area contributed by atoms with Crippen LogP contribution in [0.4, 0.5) is 0 Å². The minimum atomic E-state index is 0.465. The normalized spacial score (nSPS) is 34.1. The first-order valence-electron chi connectivity index (χ1n) is 7.17. The fourth-order valence-electron chi connectivity index (χ4n) is 3.49. The zero-order valence-corrected chi connectivity index (χ0v) is 11.7. The van der Waals surface area contributed by atoms with Crippen LogP contribution in [0, 0.1) is 11.3 Å². The molecule has 17 heavy (non-hydrogen) atoms. The van der Waals surface area contributed by atoms with E-state index < -0.39 is 0 Å². The maximum absolute atomic E-state index is 5.42. The van der Waals surface area contributed by atoms with Gasteiger partial charge >= 0.3 is 0 Å². The van der Waals surface area contributed by atoms with Gasteiger partial charge in [0.2, 0.25) is 0 Å². The molecule has 0 aromatic rings. The molecule has 3 heteroatoms. The molecule has 1 N–H and O–H groups in total. The van der Waals surface area contributed by atoms with Crippen LogP contribution in [0.1, 0.15) is 33.6 Å². The molecule has 2 aliphatic rings. The summed E-state index contributed by atoms with van der Waals surface area (Å²) in [4.78, 5) is 2.58. The van der Waals surface area contributed by atoms with Crippen LogP contribution in [0.3, 0.4) is 0 Å². The Labute approximate surface area is 106 Å². The standard InChI is InChI=1S/C14H28N2O/c1-4-15-13-12(5-6-14(13,2)3)11-16-7-9-17-10-8-16/h12-13,15H,4-11H2,1-3H3. The molecular formula is C14H28N2O. The van der Waals surface area contributed by atoms with Crippen LogP contribution in [0.2, 0.25) is 0 Å². The fourth-order valence-corrected chi connectivity index (χ4v) is 3.49. The third-order valence-corrected chi connectivity index (χ3v) is 4.49. The van der Waals surface area contributed by atoms with Crippen LogP contribution in [0.25, 0.3) is 0 Å². The van der Waals surface area contributed by atoms with E-state index in [1.165, 1.54) is 19.4 Å². The second-order valence-corrected chi connectivity index (χ2v) is 6.24. The number of hydrogen-bond acceptors (Lipinski definition) is 3. The molecule has 2 atom stereocenters. The van der Waals surface area contributed by atoms with Crippen molar-refractivity contribution >= 4 is 0 Å². The second-order valence-electron chi connectivity index (χ2n) is 6.24. The van der Waals surface area contributed by atoms with E-state index in [9.17, 15) is 0 Å². The lowest BCUT2D eigenvalue weighted by Gasteiger charge is -2.35. The Hall–Kier alpha value is -0.120. The van der Waals surface area contributed by atoms with Crippen LogP contribution in [0.5, 0.6) is 0 Å². The molecule has 2 fully saturated rings. The van der Waals surface area contributed by atoms with Crippen LogP contribution >= 0.6 is 0 Å². The van der Waals surface area contributed by atoms with Crippen LogP contribution in [-0.4, -0.2) is 50.3 Å². The number of hydrogen-bond donors (Lipinski definition) is 1. The second kappa shape index (κ2) is 5.68. The van der Waals surface area contributed by atoms with Crippen molar-refractivity contribution < 1.29 is 4.74 Å². The topological polar surface area (TPSA) is 24.5 Å². The van der Waals surface area contributed by atoms with Crippen LogP contribution in [0.15, 0.2) is 0 Å². The van der Waals surface area contributed by atoms with E-state index in [1.54, 1.807) is 0 Å². The number of ether oxygens (including phenoxy) is 1. The van der Waals surface area contributed by atoms with Crippen molar-refractivity contribution in [2.45, 2.75) is 39.7 Å². The lowest BCUT2D eigenvalue weighted by molar-refractivity contribution is 0.0277. The lowest BCUT2D eigenvalue weighted by Crippen LogP contribution is -2.47. The minimum Gasteiger partial charge on any atom is -0.379 e. The summed E-state index contributed by atoms with van der Waals surface area (Å²) in [6, 6.07) is 0.690. The van der Waals surface area contributed by atoms with Crippen LogP contribution in [-0.2, 0) is 4.74 Å². The van der Waals surface area contributed by atoms with Crippen molar-refractivity contribution in [3.63, 3.8) is 0 Å². The first-order valence-corrected chi connectivity index (χ1v) is 7.17. The van der Waals surface area contributed by atoms with Crippen molar-refractivity contribution in [3.8, 4) is 0 Å². The molecule has 1 saturated heterocycles. The molecular weight excluding hydrogens is 212 g/mol. The van der Waals surface area contributed by atoms with Gasteiger partial charge in [-0.2, -0.15) is 0 Å². The number of rotatable bonds is 4. The van der Waals surface area contributed by atoms with E-state index in [1.807, 2.05) is 0 Å². The summed E-state index contributed by atoms with van der Waals surface area (Å²) in [5.74, 6) is 0.822. The number of morpholine rings is 1. The molecule has 2 unspecified atom stereocenters. The highest BCUT2D eigenvalue weighted by atomic mass is 16.5. The van der Waals surface area contributed by atoms with Crippen molar-refractivity contribution in [2.75, 3.05) is 39.4 Å². The molecule has 3 nitrogen and oxygen atoms in total. The van der Waals surface area contributed by atoms with Gasteiger partial charge in [0.15, 0.2) is 0 Å². The highest BCUT2D eigenvalue weighted by Gasteiger charge is 2.41. The average Bonchev–Trinajstić information content (AvgIpc) is 2.58. The van der Waals surface area contributed by atoms with E-state index in [0.29, 0.717) is 11.5 Å². The van der Waals surface area contributed by atoms with Crippen LogP contribution < -0.4 is 5.32 Å². The Morgan fingerprint density at radius 1 is 1.29 bits per heavy atom. The number of nitrogens with one attached hydrogen (secondary N) is 1. The molecule has 1 aliphatic heterocycles. The van der Waals surface area contributed by atoms with E-state index >= 15 is 0 Å². The highest BCUT2D eigenvalue weighted by molar-refractivity contribution is 4.97. The molecule has 0 amide bonds. The SMILES string of the molecule is CCNC1C(CN2CCOCC2)CCC1(C)C. The zero-order chi connectivity index (χ0) is 12.3. The quantitative estimate of drug-likeness (QED) is 0.810. The smallest absolute Gasteiger partial charge is 0.0594 e. The van der Waals surface area contributed by atoms with E-state index in [2.05, 4.69) is 31.0 Å². The Bertz CT molecular complexity index is 236. The Morgan fingerprint density at radius 3 is 2.65 bits per heavy atom. The van der Waals surface area contributed by atoms with Crippen molar-refractivity contribution in [1.29, 1.82) is 0 Å². The maximum Gasteiger partial charge on any atom is 0.0594 e. The van der Waals surface area contributed by atoms with Gasteiger partial charge in [-0.1, -0.05) is 20.8 Å². The van der Waals surface area contributed by atoms with Gasteiger partial charge in [0.05, 0.1) is 13.2 Å². The summed E-state index contributed by atoms with van der Waals surface area (Å²) in [5.41, 5.74) is 0.465. The molecule has 1 aliphatic carbocycles. The first kappa shape index (κ1) is 13.3. The molecule has 0 aromatic heterocycles. The van der Waals surface area contributed by atoms with Gasteiger partial charge < -0.3 is 10.1 Å². The molecule has 0 radical (unpaired) electrons. The van der Waals surface area contributed by atoms with E-state index in [-0.39, 0.29) is 0 Å². The molecule has 0 spiro atoms. The summed E-state index contributed by atoms with van der Waals surface area (Å²) in [6.07, 6.45) is 2.74. The Balaban J connectivity index is 1.90. The monoisotopic (exact) mass is 240 g/mol. The number of nitrogens with zero attached hydrogens (tertiary/aromatic N) is 1. The summed E-state index contributed by atoms with van der Waals surface area (Å²) in [6.45, 7) is 13.5. The summed E-state index contributed by atoms with van der Waals surface area (Å²) in [7, 11) is 0. The Morgan fingerprint density at radius 2 is 2.00 bits per heavy atom. The maximum atomic E-state index is 5.42. The van der Waals surface area contributed by atoms with Gasteiger partial charge in [-0.3, -0.25) is 4.90 Å². The lowest BCUT2D eigenvalue weighted by atomic mass is 9.84. The molecule has 1 saturated carbocycles. The predicted octanol–water partition coefficient (Wildman–Crippen LogP) is 1.73. The molecule has 1 heterocycles. The third-order valence-electron chi connectivity index (χ3n) is 4.49. The third kappa shape index (κ3) is 3.21. The average molecular weight is 240 g/mol. The van der Waals surface area contributed by atoms with Gasteiger partial charge in [-0.25, -0.2) is 0 Å². The van der Waals surface area contributed by atoms with Crippen molar-refractivity contribution in [2.24, 2.45) is 11.3 Å². The Kier molecular flexibility index (Phi) is 4.45. The highest BCUT2D eigenvalue weighted by Crippen LogP contribution is 2.41. The summed E-state index contributed by atoms with van der Waals surface area (Å²) in [5, 5.41) is 3.72.